The van der Waals surface area contributed by atoms with Crippen LogP contribution in [0.1, 0.15) is 52.6 Å². The van der Waals surface area contributed by atoms with Crippen LogP contribution >= 0.6 is 0 Å². The lowest BCUT2D eigenvalue weighted by Gasteiger charge is -2.18. The van der Waals surface area contributed by atoms with E-state index in [1.54, 1.807) is 37.3 Å². The van der Waals surface area contributed by atoms with Gasteiger partial charge in [-0.05, 0) is 41.7 Å². The second-order valence-electron chi connectivity index (χ2n) is 6.32. The van der Waals surface area contributed by atoms with Crippen LogP contribution in [0, 0.1) is 6.92 Å². The minimum Gasteiger partial charge on any atom is -0.386 e. The maximum Gasteiger partial charge on any atom is 0.346 e. The molecule has 0 aliphatic carbocycles. The van der Waals surface area contributed by atoms with Crippen molar-refractivity contribution < 1.29 is 14.3 Å². The molecule has 0 heterocycles. The van der Waals surface area contributed by atoms with Crippen LogP contribution < -0.4 is 0 Å². The van der Waals surface area contributed by atoms with Gasteiger partial charge in [0.1, 0.15) is 0 Å². The van der Waals surface area contributed by atoms with Crippen molar-refractivity contribution in [3.05, 3.63) is 70.8 Å². The number of rotatable bonds is 2. The van der Waals surface area contributed by atoms with Gasteiger partial charge in [0.2, 0.25) is 0 Å². The van der Waals surface area contributed by atoms with E-state index in [0.29, 0.717) is 11.1 Å². The summed E-state index contributed by atoms with van der Waals surface area (Å²) < 4.78 is 4.95. The number of hydrogen-bond donors (Lipinski definition) is 0. The normalized spacial score (nSPS) is 11.1. The number of hydrogen-bond acceptors (Lipinski definition) is 3. The summed E-state index contributed by atoms with van der Waals surface area (Å²) in [5, 5.41) is 0. The van der Waals surface area contributed by atoms with E-state index in [1.807, 2.05) is 18.2 Å². The van der Waals surface area contributed by atoms with Crippen molar-refractivity contribution in [3.63, 3.8) is 0 Å². The zero-order valence-electron chi connectivity index (χ0n) is 13.3. The molecule has 0 N–H and O–H groups in total. The van der Waals surface area contributed by atoms with Crippen molar-refractivity contribution >= 4 is 11.9 Å². The summed E-state index contributed by atoms with van der Waals surface area (Å²) in [6.07, 6.45) is 0. The monoisotopic (exact) mass is 296 g/mol. The van der Waals surface area contributed by atoms with E-state index in [0.717, 1.165) is 11.1 Å². The highest BCUT2D eigenvalue weighted by atomic mass is 16.6. The lowest BCUT2D eigenvalue weighted by atomic mass is 9.87. The molecule has 0 unspecified atom stereocenters. The zero-order valence-corrected chi connectivity index (χ0v) is 13.3. The maximum atomic E-state index is 12.1. The van der Waals surface area contributed by atoms with Gasteiger partial charge in [0.15, 0.2) is 0 Å². The predicted octanol–water partition coefficient (Wildman–Crippen LogP) is 4.29. The van der Waals surface area contributed by atoms with Crippen molar-refractivity contribution in [2.45, 2.75) is 33.1 Å². The second kappa shape index (κ2) is 6.14. The summed E-state index contributed by atoms with van der Waals surface area (Å²) in [4.78, 5) is 24.1. The van der Waals surface area contributed by atoms with Crippen LogP contribution in [0.2, 0.25) is 0 Å². The van der Waals surface area contributed by atoms with E-state index in [9.17, 15) is 9.59 Å². The van der Waals surface area contributed by atoms with E-state index in [4.69, 9.17) is 4.74 Å². The van der Waals surface area contributed by atoms with E-state index in [-0.39, 0.29) is 5.41 Å². The molecule has 0 aliphatic rings. The minimum atomic E-state index is -0.631. The van der Waals surface area contributed by atoms with Crippen molar-refractivity contribution in [1.29, 1.82) is 0 Å². The van der Waals surface area contributed by atoms with Gasteiger partial charge in [0.25, 0.3) is 0 Å². The molecule has 0 radical (unpaired) electrons. The Morgan fingerprint density at radius 1 is 0.864 bits per heavy atom. The average Bonchev–Trinajstić information content (AvgIpc) is 2.46. The molecule has 0 saturated carbocycles. The van der Waals surface area contributed by atoms with Gasteiger partial charge in [0, 0.05) is 0 Å². The first-order valence-corrected chi connectivity index (χ1v) is 7.22. The topological polar surface area (TPSA) is 43.4 Å². The highest BCUT2D eigenvalue weighted by Gasteiger charge is 2.18. The first-order valence-electron chi connectivity index (χ1n) is 7.22. The number of carbonyl (C=O) groups excluding carboxylic acids is 2. The third-order valence-electron chi connectivity index (χ3n) is 3.54. The Hall–Kier alpha value is -2.42. The Balaban J connectivity index is 2.13. The predicted molar refractivity (Wildman–Crippen MR) is 86.1 cm³/mol. The third-order valence-corrected chi connectivity index (χ3v) is 3.54. The van der Waals surface area contributed by atoms with Gasteiger partial charge >= 0.3 is 11.9 Å². The fourth-order valence-electron chi connectivity index (χ4n) is 2.11. The Bertz CT molecular complexity index is 691. The van der Waals surface area contributed by atoms with Crippen LogP contribution in [-0.4, -0.2) is 11.9 Å². The summed E-state index contributed by atoms with van der Waals surface area (Å²) in [5.41, 5.74) is 2.69. The summed E-state index contributed by atoms with van der Waals surface area (Å²) in [5.74, 6) is -1.25. The molecule has 2 rings (SSSR count). The van der Waals surface area contributed by atoms with E-state index in [2.05, 4.69) is 20.8 Å². The molecule has 0 bridgehead atoms. The Labute approximate surface area is 130 Å². The van der Waals surface area contributed by atoms with E-state index >= 15 is 0 Å². The van der Waals surface area contributed by atoms with Crippen molar-refractivity contribution in [1.82, 2.24) is 0 Å². The third kappa shape index (κ3) is 3.61. The molecule has 2 aromatic rings. The standard InChI is InChI=1S/C19H20O3/c1-13-7-5-6-8-16(13)18(21)22-17(20)14-9-11-15(12-10-14)19(2,3)4/h5-12H,1-4H3. The lowest BCUT2D eigenvalue weighted by molar-refractivity contribution is 0.0397. The zero-order chi connectivity index (χ0) is 16.3. The highest BCUT2D eigenvalue weighted by molar-refractivity contribution is 6.03. The van der Waals surface area contributed by atoms with Crippen molar-refractivity contribution in [2.24, 2.45) is 0 Å². The van der Waals surface area contributed by atoms with Crippen LogP contribution in [0.3, 0.4) is 0 Å². The van der Waals surface area contributed by atoms with Gasteiger partial charge in [-0.2, -0.15) is 0 Å². The minimum absolute atomic E-state index is 0.0133. The van der Waals surface area contributed by atoms with Crippen LogP contribution in [0.25, 0.3) is 0 Å². The quantitative estimate of drug-likeness (QED) is 0.613. The SMILES string of the molecule is Cc1ccccc1C(=O)OC(=O)c1ccc(C(C)(C)C)cc1. The van der Waals surface area contributed by atoms with Crippen LogP contribution in [-0.2, 0) is 10.2 Å². The summed E-state index contributed by atoms with van der Waals surface area (Å²) in [7, 11) is 0. The fourth-order valence-corrected chi connectivity index (χ4v) is 2.11. The summed E-state index contributed by atoms with van der Waals surface area (Å²) in [6.45, 7) is 8.10. The number of esters is 2. The lowest BCUT2D eigenvalue weighted by Crippen LogP contribution is -2.15. The first kappa shape index (κ1) is 16.0. The summed E-state index contributed by atoms with van der Waals surface area (Å²) >= 11 is 0. The van der Waals surface area contributed by atoms with Crippen LogP contribution in [0.4, 0.5) is 0 Å². The average molecular weight is 296 g/mol. The molecule has 0 amide bonds. The number of aryl methyl sites for hydroxylation is 1. The molecular weight excluding hydrogens is 276 g/mol. The summed E-state index contributed by atoms with van der Waals surface area (Å²) in [6, 6.07) is 14.2. The highest BCUT2D eigenvalue weighted by Crippen LogP contribution is 2.22. The number of ether oxygens (including phenoxy) is 1. The van der Waals surface area contributed by atoms with Gasteiger partial charge in [-0.3, -0.25) is 0 Å². The van der Waals surface area contributed by atoms with Crippen LogP contribution in [0.15, 0.2) is 48.5 Å². The van der Waals surface area contributed by atoms with Gasteiger partial charge < -0.3 is 4.74 Å². The molecule has 0 spiro atoms. The van der Waals surface area contributed by atoms with Gasteiger partial charge in [-0.1, -0.05) is 51.1 Å². The van der Waals surface area contributed by atoms with Crippen molar-refractivity contribution in [3.8, 4) is 0 Å². The molecule has 114 valence electrons. The smallest absolute Gasteiger partial charge is 0.346 e. The largest absolute Gasteiger partial charge is 0.386 e. The second-order valence-corrected chi connectivity index (χ2v) is 6.32. The molecule has 3 nitrogen and oxygen atoms in total. The molecule has 0 aromatic heterocycles. The fraction of sp³-hybridized carbons (Fsp3) is 0.263. The molecule has 0 fully saturated rings. The Morgan fingerprint density at radius 2 is 1.45 bits per heavy atom. The van der Waals surface area contributed by atoms with E-state index < -0.39 is 11.9 Å². The molecule has 3 heteroatoms. The maximum absolute atomic E-state index is 12.1. The molecule has 22 heavy (non-hydrogen) atoms. The molecule has 0 atom stereocenters. The number of benzene rings is 2. The molecule has 0 aliphatic heterocycles. The number of carbonyl (C=O) groups is 2. The van der Waals surface area contributed by atoms with E-state index in [1.165, 1.54) is 0 Å². The molecule has 2 aromatic carbocycles. The van der Waals surface area contributed by atoms with Gasteiger partial charge in [-0.25, -0.2) is 9.59 Å². The Morgan fingerprint density at radius 3 is 2.00 bits per heavy atom. The Kier molecular flexibility index (Phi) is 4.45. The van der Waals surface area contributed by atoms with Gasteiger partial charge in [-0.15, -0.1) is 0 Å². The molecular formula is C19H20O3. The van der Waals surface area contributed by atoms with Crippen molar-refractivity contribution in [2.75, 3.05) is 0 Å². The van der Waals surface area contributed by atoms with Gasteiger partial charge in [0.05, 0.1) is 11.1 Å². The molecule has 0 saturated heterocycles. The van der Waals surface area contributed by atoms with Crippen LogP contribution in [0.5, 0.6) is 0 Å². The first-order chi connectivity index (χ1) is 10.3.